The molecule has 0 radical (unpaired) electrons. The average Bonchev–Trinajstić information content (AvgIpc) is 2.67. The fraction of sp³-hybridized carbons (Fsp3) is 0.733. The normalized spacial score (nSPS) is 28.1. The molecule has 2 atom stereocenters. The molecule has 0 N–H and O–H groups in total. The summed E-state index contributed by atoms with van der Waals surface area (Å²) < 4.78 is 17.7. The maximum atomic E-state index is 5.79. The van der Waals surface area contributed by atoms with Crippen molar-refractivity contribution >= 4 is 0 Å². The summed E-state index contributed by atoms with van der Waals surface area (Å²) in [5.74, 6) is 0.587. The molecule has 0 aromatic heterocycles. The van der Waals surface area contributed by atoms with Gasteiger partial charge in [-0.1, -0.05) is 0 Å². The maximum absolute atomic E-state index is 5.79. The topological polar surface area (TPSA) is 27.7 Å². The van der Waals surface area contributed by atoms with E-state index in [1.54, 1.807) is 26.9 Å². The number of hydrogen-bond donors (Lipinski definition) is 0. The Morgan fingerprint density at radius 3 is 2.16 bits per heavy atom. The van der Waals surface area contributed by atoms with Crippen molar-refractivity contribution in [3.8, 4) is 0 Å². The summed E-state index contributed by atoms with van der Waals surface area (Å²) in [4.78, 5) is 0. The predicted molar refractivity (Wildman–Crippen MR) is 73.2 cm³/mol. The Bertz CT molecular complexity index is 413. The van der Waals surface area contributed by atoms with Gasteiger partial charge < -0.3 is 0 Å². The van der Waals surface area contributed by atoms with E-state index < -0.39 is 17.8 Å². The Labute approximate surface area is 121 Å². The summed E-state index contributed by atoms with van der Waals surface area (Å²) in [7, 11) is 5.23. The summed E-state index contributed by atoms with van der Waals surface area (Å²) >= 11 is -3.17. The summed E-state index contributed by atoms with van der Waals surface area (Å²) in [6.07, 6.45) is 3.57. The second kappa shape index (κ2) is 5.83. The molecule has 0 bridgehead atoms. The van der Waals surface area contributed by atoms with E-state index in [2.05, 4.69) is 20.8 Å². The fourth-order valence-electron chi connectivity index (χ4n) is 3.78. The molecule has 19 heavy (non-hydrogen) atoms. The SMILES string of the molecule is C[O][Ti]([O]C)([O]C)[CH]1CCCC2=C1C(C)=C(C)C2C. The van der Waals surface area contributed by atoms with Crippen LogP contribution in [0.4, 0.5) is 0 Å². The molecule has 0 aliphatic heterocycles. The Morgan fingerprint density at radius 1 is 1.05 bits per heavy atom. The van der Waals surface area contributed by atoms with Gasteiger partial charge in [-0.3, -0.25) is 0 Å². The van der Waals surface area contributed by atoms with Crippen LogP contribution in [0.25, 0.3) is 0 Å². The van der Waals surface area contributed by atoms with Crippen LogP contribution in [0.2, 0.25) is 4.22 Å². The van der Waals surface area contributed by atoms with Crippen LogP contribution >= 0.6 is 0 Å². The van der Waals surface area contributed by atoms with E-state index in [-0.39, 0.29) is 0 Å². The van der Waals surface area contributed by atoms with Crippen LogP contribution < -0.4 is 0 Å². The van der Waals surface area contributed by atoms with E-state index in [4.69, 9.17) is 9.96 Å². The Balaban J connectivity index is 2.48. The van der Waals surface area contributed by atoms with Crippen molar-refractivity contribution in [2.75, 3.05) is 21.3 Å². The van der Waals surface area contributed by atoms with E-state index in [1.807, 2.05) is 0 Å². The van der Waals surface area contributed by atoms with Crippen LogP contribution in [0.3, 0.4) is 0 Å². The molecule has 0 saturated carbocycles. The van der Waals surface area contributed by atoms with Crippen molar-refractivity contribution in [2.45, 2.75) is 44.3 Å². The monoisotopic (exact) mass is 302 g/mol. The van der Waals surface area contributed by atoms with Gasteiger partial charge in [0, 0.05) is 0 Å². The van der Waals surface area contributed by atoms with Gasteiger partial charge in [-0.2, -0.15) is 0 Å². The second-order valence-corrected chi connectivity index (χ2v) is 10.5. The molecule has 0 spiro atoms. The van der Waals surface area contributed by atoms with Crippen molar-refractivity contribution < 1.29 is 27.7 Å². The zero-order valence-electron chi connectivity index (χ0n) is 13.0. The van der Waals surface area contributed by atoms with Crippen molar-refractivity contribution in [1.29, 1.82) is 0 Å². The third-order valence-corrected chi connectivity index (χ3v) is 9.98. The molecule has 0 heterocycles. The van der Waals surface area contributed by atoms with Crippen LogP contribution in [-0.2, 0) is 27.7 Å². The summed E-state index contributed by atoms with van der Waals surface area (Å²) in [6, 6.07) is 0. The Hall–Kier alpha value is 0.0743. The van der Waals surface area contributed by atoms with E-state index in [0.717, 1.165) is 6.42 Å². The summed E-state index contributed by atoms with van der Waals surface area (Å²) in [6.45, 7) is 6.83. The molecule has 2 unspecified atom stereocenters. The van der Waals surface area contributed by atoms with Crippen LogP contribution in [0.15, 0.2) is 22.3 Å². The molecule has 2 aliphatic carbocycles. The van der Waals surface area contributed by atoms with E-state index >= 15 is 0 Å². The zero-order valence-corrected chi connectivity index (χ0v) is 14.6. The first-order valence-electron chi connectivity index (χ1n) is 7.08. The molecule has 0 fully saturated rings. The molecule has 3 nitrogen and oxygen atoms in total. The van der Waals surface area contributed by atoms with Gasteiger partial charge in [0.05, 0.1) is 0 Å². The van der Waals surface area contributed by atoms with Gasteiger partial charge in [0.15, 0.2) is 0 Å². The first-order valence-corrected chi connectivity index (χ1v) is 9.90. The quantitative estimate of drug-likeness (QED) is 0.732. The number of rotatable bonds is 4. The molecule has 108 valence electrons. The van der Waals surface area contributed by atoms with E-state index in [0.29, 0.717) is 10.1 Å². The average molecular weight is 302 g/mol. The second-order valence-electron chi connectivity index (χ2n) is 5.63. The van der Waals surface area contributed by atoms with Crippen molar-refractivity contribution in [2.24, 2.45) is 5.92 Å². The third-order valence-electron chi connectivity index (χ3n) is 5.08. The summed E-state index contributed by atoms with van der Waals surface area (Å²) in [5.41, 5.74) is 6.07. The molecule has 0 saturated heterocycles. The van der Waals surface area contributed by atoms with Gasteiger partial charge in [-0.25, -0.2) is 0 Å². The van der Waals surface area contributed by atoms with Gasteiger partial charge in [-0.05, 0) is 0 Å². The molecule has 0 amide bonds. The Kier molecular flexibility index (Phi) is 4.74. The number of allylic oxidation sites excluding steroid dienone is 4. The van der Waals surface area contributed by atoms with Gasteiger partial charge >= 0.3 is 122 Å². The van der Waals surface area contributed by atoms with Gasteiger partial charge in [0.1, 0.15) is 0 Å². The van der Waals surface area contributed by atoms with Crippen LogP contribution in [0, 0.1) is 5.92 Å². The predicted octanol–water partition coefficient (Wildman–Crippen LogP) is 4.08. The van der Waals surface area contributed by atoms with Crippen molar-refractivity contribution in [1.82, 2.24) is 0 Å². The zero-order chi connectivity index (χ0) is 14.2. The fourth-order valence-corrected chi connectivity index (χ4v) is 7.94. The first kappa shape index (κ1) is 15.5. The molecule has 0 aromatic carbocycles. The van der Waals surface area contributed by atoms with E-state index in [1.165, 1.54) is 29.6 Å². The molecular weight excluding hydrogens is 276 g/mol. The molecule has 4 heteroatoms. The number of hydrogen-bond acceptors (Lipinski definition) is 3. The van der Waals surface area contributed by atoms with Gasteiger partial charge in [0.25, 0.3) is 0 Å². The van der Waals surface area contributed by atoms with Crippen LogP contribution in [0.5, 0.6) is 0 Å². The van der Waals surface area contributed by atoms with Crippen LogP contribution in [-0.4, -0.2) is 21.3 Å². The first-order chi connectivity index (χ1) is 9.02. The third kappa shape index (κ3) is 2.30. The minimum atomic E-state index is -3.17. The molecular formula is C15H26O3Ti. The Morgan fingerprint density at radius 2 is 1.63 bits per heavy atom. The van der Waals surface area contributed by atoms with Gasteiger partial charge in [0.2, 0.25) is 0 Å². The van der Waals surface area contributed by atoms with Crippen LogP contribution in [0.1, 0.15) is 40.0 Å². The van der Waals surface area contributed by atoms with Crippen molar-refractivity contribution in [3.63, 3.8) is 0 Å². The molecule has 2 rings (SSSR count). The van der Waals surface area contributed by atoms with E-state index in [9.17, 15) is 0 Å². The minimum absolute atomic E-state index is 0.351. The van der Waals surface area contributed by atoms with Gasteiger partial charge in [-0.15, -0.1) is 0 Å². The summed E-state index contributed by atoms with van der Waals surface area (Å²) in [5, 5.41) is 0. The standard InChI is InChI=1S/C12H17.3CH3O.Ti/c1-8-9(2)11-6-4-5-7-12(11)10(8)3;3*1-2;/h6,10H,4-5,7H2,1-3H3;3*1H3;/q;3*-1;+3. The molecule has 0 aromatic rings. The molecule has 2 aliphatic rings. The van der Waals surface area contributed by atoms with Crippen molar-refractivity contribution in [3.05, 3.63) is 22.3 Å².